The standard InChI is InChI=1S/C9H16O5/c1-9(2)13-6-5(4-11-3)12-8(10)7(6)14-9/h5-8,10H,4H2,1-3H3/t5-,6?,7?,8-/m1/s1. The van der Waals surface area contributed by atoms with Gasteiger partial charge in [-0.1, -0.05) is 0 Å². The summed E-state index contributed by atoms with van der Waals surface area (Å²) in [5, 5.41) is 9.55. The lowest BCUT2D eigenvalue weighted by Crippen LogP contribution is -2.32. The lowest BCUT2D eigenvalue weighted by molar-refractivity contribution is -0.224. The van der Waals surface area contributed by atoms with Crippen molar-refractivity contribution < 1.29 is 24.1 Å². The van der Waals surface area contributed by atoms with Crippen molar-refractivity contribution in [1.82, 2.24) is 0 Å². The van der Waals surface area contributed by atoms with E-state index in [9.17, 15) is 5.11 Å². The molecule has 5 nitrogen and oxygen atoms in total. The van der Waals surface area contributed by atoms with Gasteiger partial charge in [-0.25, -0.2) is 0 Å². The van der Waals surface area contributed by atoms with Crippen molar-refractivity contribution in [3.05, 3.63) is 0 Å². The van der Waals surface area contributed by atoms with Crippen molar-refractivity contribution in [3.63, 3.8) is 0 Å². The van der Waals surface area contributed by atoms with Gasteiger partial charge in [-0.3, -0.25) is 0 Å². The molecule has 4 atom stereocenters. The molecule has 2 saturated heterocycles. The zero-order chi connectivity index (χ0) is 10.3. The van der Waals surface area contributed by atoms with Gasteiger partial charge in [-0.05, 0) is 13.8 Å². The highest BCUT2D eigenvalue weighted by molar-refractivity contribution is 4.94. The number of aliphatic hydroxyl groups is 1. The second-order valence-corrected chi connectivity index (χ2v) is 4.09. The number of ether oxygens (including phenoxy) is 4. The molecule has 0 aliphatic carbocycles. The molecule has 2 heterocycles. The molecular formula is C9H16O5. The number of hydrogen-bond donors (Lipinski definition) is 1. The zero-order valence-electron chi connectivity index (χ0n) is 8.60. The van der Waals surface area contributed by atoms with E-state index in [1.54, 1.807) is 7.11 Å². The summed E-state index contributed by atoms with van der Waals surface area (Å²) in [5.41, 5.74) is 0. The Morgan fingerprint density at radius 2 is 1.93 bits per heavy atom. The van der Waals surface area contributed by atoms with Crippen LogP contribution in [0.3, 0.4) is 0 Å². The van der Waals surface area contributed by atoms with Gasteiger partial charge in [0.05, 0.1) is 6.61 Å². The first-order valence-corrected chi connectivity index (χ1v) is 4.71. The van der Waals surface area contributed by atoms with Crippen LogP contribution in [0.5, 0.6) is 0 Å². The summed E-state index contributed by atoms with van der Waals surface area (Å²) in [6, 6.07) is 0. The predicted molar refractivity (Wildman–Crippen MR) is 46.6 cm³/mol. The van der Waals surface area contributed by atoms with Gasteiger partial charge in [0, 0.05) is 7.11 Å². The number of methoxy groups -OCH3 is 1. The summed E-state index contributed by atoms with van der Waals surface area (Å²) in [6.45, 7) is 4.04. The first kappa shape index (κ1) is 10.3. The molecule has 0 aromatic heterocycles. The molecule has 0 aromatic rings. The number of fused-ring (bicyclic) bond motifs is 1. The molecule has 0 amide bonds. The summed E-state index contributed by atoms with van der Waals surface area (Å²) in [5.74, 6) is -0.647. The van der Waals surface area contributed by atoms with Crippen LogP contribution in [-0.2, 0) is 18.9 Å². The first-order valence-electron chi connectivity index (χ1n) is 4.71. The van der Waals surface area contributed by atoms with Crippen molar-refractivity contribution in [2.45, 2.75) is 44.2 Å². The average Bonchev–Trinajstić information content (AvgIpc) is 2.51. The molecule has 0 saturated carbocycles. The molecule has 2 unspecified atom stereocenters. The van der Waals surface area contributed by atoms with Crippen LogP contribution in [0.2, 0.25) is 0 Å². The van der Waals surface area contributed by atoms with Crippen LogP contribution in [-0.4, -0.2) is 49.2 Å². The second-order valence-electron chi connectivity index (χ2n) is 4.09. The topological polar surface area (TPSA) is 57.2 Å². The fourth-order valence-electron chi connectivity index (χ4n) is 1.96. The van der Waals surface area contributed by atoms with E-state index >= 15 is 0 Å². The molecule has 0 bridgehead atoms. The number of rotatable bonds is 2. The quantitative estimate of drug-likeness (QED) is 0.679. The number of hydrogen-bond acceptors (Lipinski definition) is 5. The predicted octanol–water partition coefficient (Wildman–Crippen LogP) is -0.130. The summed E-state index contributed by atoms with van der Waals surface area (Å²) in [7, 11) is 1.59. The van der Waals surface area contributed by atoms with Crippen LogP contribution >= 0.6 is 0 Å². The third kappa shape index (κ3) is 1.66. The highest BCUT2D eigenvalue weighted by atomic mass is 16.8. The van der Waals surface area contributed by atoms with Gasteiger partial charge in [0.25, 0.3) is 0 Å². The largest absolute Gasteiger partial charge is 0.382 e. The Bertz CT molecular complexity index is 217. The zero-order valence-corrected chi connectivity index (χ0v) is 8.60. The van der Waals surface area contributed by atoms with Gasteiger partial charge < -0.3 is 24.1 Å². The van der Waals surface area contributed by atoms with Gasteiger partial charge in [0.1, 0.15) is 18.3 Å². The second kappa shape index (κ2) is 3.43. The maximum atomic E-state index is 9.55. The van der Waals surface area contributed by atoms with E-state index in [0.29, 0.717) is 6.61 Å². The van der Waals surface area contributed by atoms with Gasteiger partial charge in [-0.2, -0.15) is 0 Å². The van der Waals surface area contributed by atoms with E-state index in [2.05, 4.69) is 0 Å². The fraction of sp³-hybridized carbons (Fsp3) is 1.00. The first-order chi connectivity index (χ1) is 6.53. The maximum absolute atomic E-state index is 9.55. The van der Waals surface area contributed by atoms with E-state index in [1.807, 2.05) is 13.8 Å². The van der Waals surface area contributed by atoms with Crippen molar-refractivity contribution in [3.8, 4) is 0 Å². The average molecular weight is 204 g/mol. The van der Waals surface area contributed by atoms with Crippen LogP contribution in [0.4, 0.5) is 0 Å². The molecule has 2 rings (SSSR count). The number of aliphatic hydroxyl groups excluding tert-OH is 1. The summed E-state index contributed by atoms with van der Waals surface area (Å²) >= 11 is 0. The minimum atomic E-state index is -0.915. The van der Waals surface area contributed by atoms with Gasteiger partial charge in [-0.15, -0.1) is 0 Å². The lowest BCUT2D eigenvalue weighted by Gasteiger charge is -2.22. The van der Waals surface area contributed by atoms with Crippen molar-refractivity contribution in [2.24, 2.45) is 0 Å². The van der Waals surface area contributed by atoms with Crippen molar-refractivity contribution >= 4 is 0 Å². The molecule has 0 spiro atoms. The Hall–Kier alpha value is -0.200. The van der Waals surface area contributed by atoms with Crippen LogP contribution in [0.1, 0.15) is 13.8 Å². The maximum Gasteiger partial charge on any atom is 0.184 e. The monoisotopic (exact) mass is 204 g/mol. The third-order valence-corrected chi connectivity index (χ3v) is 2.46. The SMILES string of the molecule is COC[C@H]1O[C@@H](O)C2OC(C)(C)OC21. The highest BCUT2D eigenvalue weighted by Crippen LogP contribution is 2.37. The normalized spacial score (nSPS) is 45.4. The van der Waals surface area contributed by atoms with E-state index in [1.165, 1.54) is 0 Å². The fourth-order valence-corrected chi connectivity index (χ4v) is 1.96. The summed E-state index contributed by atoms with van der Waals surface area (Å²) in [4.78, 5) is 0. The Labute approximate surface area is 82.9 Å². The van der Waals surface area contributed by atoms with E-state index < -0.39 is 18.2 Å². The Kier molecular flexibility index (Phi) is 2.53. The van der Waals surface area contributed by atoms with Crippen LogP contribution < -0.4 is 0 Å². The van der Waals surface area contributed by atoms with E-state index in [-0.39, 0.29) is 12.2 Å². The van der Waals surface area contributed by atoms with E-state index in [4.69, 9.17) is 18.9 Å². The molecule has 0 aromatic carbocycles. The highest BCUT2D eigenvalue weighted by Gasteiger charge is 2.54. The van der Waals surface area contributed by atoms with Crippen molar-refractivity contribution in [2.75, 3.05) is 13.7 Å². The van der Waals surface area contributed by atoms with Gasteiger partial charge in [0.15, 0.2) is 12.1 Å². The molecule has 2 fully saturated rings. The summed E-state index contributed by atoms with van der Waals surface area (Å²) < 4.78 is 21.4. The Balaban J connectivity index is 2.07. The Morgan fingerprint density at radius 3 is 2.57 bits per heavy atom. The van der Waals surface area contributed by atoms with E-state index in [0.717, 1.165) is 0 Å². The Morgan fingerprint density at radius 1 is 1.29 bits per heavy atom. The van der Waals surface area contributed by atoms with Crippen LogP contribution in [0, 0.1) is 0 Å². The molecule has 2 aliphatic heterocycles. The van der Waals surface area contributed by atoms with Crippen LogP contribution in [0.15, 0.2) is 0 Å². The minimum Gasteiger partial charge on any atom is -0.382 e. The molecule has 14 heavy (non-hydrogen) atoms. The molecule has 0 radical (unpaired) electrons. The smallest absolute Gasteiger partial charge is 0.184 e. The molecule has 2 aliphatic rings. The lowest BCUT2D eigenvalue weighted by atomic mass is 10.1. The van der Waals surface area contributed by atoms with Crippen LogP contribution in [0.25, 0.3) is 0 Å². The third-order valence-electron chi connectivity index (χ3n) is 2.46. The molecule has 1 N–H and O–H groups in total. The van der Waals surface area contributed by atoms with Gasteiger partial charge >= 0.3 is 0 Å². The van der Waals surface area contributed by atoms with Crippen molar-refractivity contribution in [1.29, 1.82) is 0 Å². The van der Waals surface area contributed by atoms with Gasteiger partial charge in [0.2, 0.25) is 0 Å². The minimum absolute atomic E-state index is 0.236. The summed E-state index contributed by atoms with van der Waals surface area (Å²) in [6.07, 6.45) is -1.80. The molecule has 5 heteroatoms. The molecular weight excluding hydrogens is 188 g/mol. The molecule has 82 valence electrons.